The maximum atomic E-state index is 12.4. The first kappa shape index (κ1) is 25.1. The Bertz CT molecular complexity index is 946. The second-order valence-electron chi connectivity index (χ2n) is 7.13. The zero-order chi connectivity index (χ0) is 22.6. The van der Waals surface area contributed by atoms with Gasteiger partial charge in [-0.2, -0.15) is 0 Å². The fraction of sp³-hybridized carbons (Fsp3) is 0.478. The monoisotopic (exact) mass is 466 g/mol. The number of hydrogen-bond donors (Lipinski definition) is 3. The van der Waals surface area contributed by atoms with E-state index in [1.54, 1.807) is 0 Å². The lowest BCUT2D eigenvalue weighted by Gasteiger charge is -2.17. The molecule has 1 heterocycles. The van der Waals surface area contributed by atoms with Crippen molar-refractivity contribution in [2.45, 2.75) is 45.1 Å². The highest BCUT2D eigenvalue weighted by Gasteiger charge is 2.21. The highest BCUT2D eigenvalue weighted by atomic mass is 35.5. The van der Waals surface area contributed by atoms with Crippen LogP contribution < -0.4 is 10.6 Å². The molecule has 0 aliphatic rings. The number of aryl methyl sites for hydroxylation is 1. The van der Waals surface area contributed by atoms with Gasteiger partial charge < -0.3 is 20.2 Å². The van der Waals surface area contributed by atoms with Gasteiger partial charge in [-0.25, -0.2) is 0 Å². The molecule has 168 valence electrons. The maximum absolute atomic E-state index is 12.4. The third kappa shape index (κ3) is 8.10. The predicted octanol–water partition coefficient (Wildman–Crippen LogP) is 3.13. The minimum absolute atomic E-state index is 0.122. The number of hydrogen-bond acceptors (Lipinski definition) is 4. The second-order valence-corrected chi connectivity index (χ2v) is 7.89. The third-order valence-corrected chi connectivity index (χ3v) is 5.02. The summed E-state index contributed by atoms with van der Waals surface area (Å²) in [4.78, 5) is 24.1. The number of carbonyl (C=O) groups excluding carboxylic acids is 2. The molecule has 0 spiro atoms. The number of aliphatic hydroxyl groups is 1. The van der Waals surface area contributed by atoms with Gasteiger partial charge in [-0.1, -0.05) is 11.8 Å². The van der Waals surface area contributed by atoms with Crippen LogP contribution >= 0.6 is 23.2 Å². The standard InChI is InChI=1S/C23H28Cl2N2O4/c1-16(29)27-21(23(30)26-10-11-28)14-17-12-18(6-3-2-4-8-24)22-19(13-17)15-20(31-22)7-5-9-25/h12-13,15,21,28H,2,4-5,7-11,14H2,1H3,(H,26,30)(H,27,29)/t21-/m0/s1. The van der Waals surface area contributed by atoms with E-state index in [9.17, 15) is 9.59 Å². The number of rotatable bonds is 11. The van der Waals surface area contributed by atoms with Crippen LogP contribution in [0, 0.1) is 11.8 Å². The van der Waals surface area contributed by atoms with Gasteiger partial charge in [0, 0.05) is 49.9 Å². The van der Waals surface area contributed by atoms with E-state index in [2.05, 4.69) is 22.5 Å². The van der Waals surface area contributed by atoms with E-state index in [0.29, 0.717) is 23.8 Å². The largest absolute Gasteiger partial charge is 0.460 e. The third-order valence-electron chi connectivity index (χ3n) is 4.49. The summed E-state index contributed by atoms with van der Waals surface area (Å²) >= 11 is 11.5. The molecule has 0 bridgehead atoms. The molecule has 2 aromatic rings. The molecular weight excluding hydrogens is 439 g/mol. The summed E-state index contributed by atoms with van der Waals surface area (Å²) in [7, 11) is 0. The minimum Gasteiger partial charge on any atom is -0.460 e. The smallest absolute Gasteiger partial charge is 0.243 e. The molecule has 3 N–H and O–H groups in total. The van der Waals surface area contributed by atoms with E-state index in [1.807, 2.05) is 18.2 Å². The fourth-order valence-corrected chi connectivity index (χ4v) is 3.42. The van der Waals surface area contributed by atoms with Crippen LogP contribution in [0.3, 0.4) is 0 Å². The van der Waals surface area contributed by atoms with Crippen molar-refractivity contribution in [3.05, 3.63) is 35.1 Å². The van der Waals surface area contributed by atoms with E-state index in [0.717, 1.165) is 41.5 Å². The van der Waals surface area contributed by atoms with Crippen molar-refractivity contribution < 1.29 is 19.1 Å². The second kappa shape index (κ2) is 13.3. The molecule has 1 atom stereocenters. The molecule has 2 rings (SSSR count). The van der Waals surface area contributed by atoms with Crippen LogP contribution in [-0.2, 0) is 22.4 Å². The average molecular weight is 467 g/mol. The quantitative estimate of drug-likeness (QED) is 0.269. The summed E-state index contributed by atoms with van der Waals surface area (Å²) in [6.07, 6.45) is 3.29. The van der Waals surface area contributed by atoms with Gasteiger partial charge in [0.2, 0.25) is 11.8 Å². The molecule has 0 fully saturated rings. The Labute approximate surface area is 192 Å². The molecule has 6 nitrogen and oxygen atoms in total. The van der Waals surface area contributed by atoms with Crippen LogP contribution in [0.15, 0.2) is 22.6 Å². The van der Waals surface area contributed by atoms with Crippen molar-refractivity contribution in [2.24, 2.45) is 0 Å². The summed E-state index contributed by atoms with van der Waals surface area (Å²) in [5, 5.41) is 15.1. The van der Waals surface area contributed by atoms with Gasteiger partial charge in [-0.05, 0) is 36.6 Å². The minimum atomic E-state index is -0.763. The molecular formula is C23H28Cl2N2O4. The summed E-state index contributed by atoms with van der Waals surface area (Å²) in [6, 6.07) is 5.04. The number of aliphatic hydroxyl groups excluding tert-OH is 1. The first-order valence-electron chi connectivity index (χ1n) is 10.3. The molecule has 0 aliphatic carbocycles. The van der Waals surface area contributed by atoms with Crippen LogP contribution in [0.5, 0.6) is 0 Å². The van der Waals surface area contributed by atoms with E-state index < -0.39 is 6.04 Å². The summed E-state index contributed by atoms with van der Waals surface area (Å²) < 4.78 is 6.02. The molecule has 0 unspecified atom stereocenters. The summed E-state index contributed by atoms with van der Waals surface area (Å²) in [5.41, 5.74) is 2.28. The van der Waals surface area contributed by atoms with Crippen molar-refractivity contribution in [1.29, 1.82) is 0 Å². The topological polar surface area (TPSA) is 91.6 Å². The fourth-order valence-electron chi connectivity index (χ4n) is 3.15. The van der Waals surface area contributed by atoms with Crippen LogP contribution in [0.25, 0.3) is 11.0 Å². The van der Waals surface area contributed by atoms with E-state index >= 15 is 0 Å². The molecule has 0 radical (unpaired) electrons. The Morgan fingerprint density at radius 2 is 1.97 bits per heavy atom. The number of alkyl halides is 2. The van der Waals surface area contributed by atoms with Crippen molar-refractivity contribution in [2.75, 3.05) is 24.9 Å². The van der Waals surface area contributed by atoms with E-state index in [4.69, 9.17) is 32.7 Å². The number of nitrogens with one attached hydrogen (secondary N) is 2. The van der Waals surface area contributed by atoms with Crippen molar-refractivity contribution in [3.8, 4) is 11.8 Å². The van der Waals surface area contributed by atoms with Gasteiger partial charge in [0.25, 0.3) is 0 Å². The van der Waals surface area contributed by atoms with Crippen LogP contribution in [0.1, 0.15) is 43.1 Å². The number of halogens is 2. The number of unbranched alkanes of at least 4 members (excludes halogenated alkanes) is 1. The Morgan fingerprint density at radius 1 is 1.19 bits per heavy atom. The molecule has 0 aliphatic heterocycles. The Balaban J connectivity index is 2.38. The molecule has 1 aromatic carbocycles. The lowest BCUT2D eigenvalue weighted by molar-refractivity contribution is -0.128. The highest BCUT2D eigenvalue weighted by Crippen LogP contribution is 2.26. The zero-order valence-electron chi connectivity index (χ0n) is 17.6. The average Bonchev–Trinajstić information content (AvgIpc) is 3.15. The van der Waals surface area contributed by atoms with Crippen molar-refractivity contribution >= 4 is 46.0 Å². The number of amides is 2. The number of fused-ring (bicyclic) bond motifs is 1. The lowest BCUT2D eigenvalue weighted by atomic mass is 10.00. The molecule has 1 aromatic heterocycles. The zero-order valence-corrected chi connectivity index (χ0v) is 19.1. The number of benzene rings is 1. The highest BCUT2D eigenvalue weighted by molar-refractivity contribution is 6.18. The first-order chi connectivity index (χ1) is 15.0. The van der Waals surface area contributed by atoms with Gasteiger partial charge in [-0.3, -0.25) is 9.59 Å². The maximum Gasteiger partial charge on any atom is 0.243 e. The number of furan rings is 1. The predicted molar refractivity (Wildman–Crippen MR) is 123 cm³/mol. The van der Waals surface area contributed by atoms with Crippen molar-refractivity contribution in [3.63, 3.8) is 0 Å². The number of carbonyl (C=O) groups is 2. The Hall–Kier alpha value is -2.20. The van der Waals surface area contributed by atoms with Gasteiger partial charge in [0.05, 0.1) is 12.2 Å². The van der Waals surface area contributed by atoms with Crippen LogP contribution in [0.2, 0.25) is 0 Å². The van der Waals surface area contributed by atoms with Crippen molar-refractivity contribution in [1.82, 2.24) is 10.6 Å². The molecule has 0 saturated heterocycles. The summed E-state index contributed by atoms with van der Waals surface area (Å²) in [6.45, 7) is 1.31. The van der Waals surface area contributed by atoms with Crippen LogP contribution in [0.4, 0.5) is 0 Å². The lowest BCUT2D eigenvalue weighted by Crippen LogP contribution is -2.48. The normalized spacial score (nSPS) is 11.6. The summed E-state index contributed by atoms with van der Waals surface area (Å²) in [5.74, 6) is 7.55. The van der Waals surface area contributed by atoms with Gasteiger partial charge >= 0.3 is 0 Å². The van der Waals surface area contributed by atoms with E-state index in [1.165, 1.54) is 6.92 Å². The Morgan fingerprint density at radius 3 is 2.65 bits per heavy atom. The molecule has 0 saturated carbocycles. The van der Waals surface area contributed by atoms with Gasteiger partial charge in [-0.15, -0.1) is 23.2 Å². The SMILES string of the molecule is CC(=O)N[C@@H](Cc1cc(C#CCCCCl)c2oc(CCCCl)cc2c1)C(=O)NCCO. The van der Waals surface area contributed by atoms with Gasteiger partial charge in [0.1, 0.15) is 17.4 Å². The molecule has 2 amide bonds. The first-order valence-corrected chi connectivity index (χ1v) is 11.4. The molecule has 8 heteroatoms. The van der Waals surface area contributed by atoms with Crippen LogP contribution in [-0.4, -0.2) is 47.9 Å². The molecule has 31 heavy (non-hydrogen) atoms. The van der Waals surface area contributed by atoms with E-state index in [-0.39, 0.29) is 31.4 Å². The Kier molecular flexibility index (Phi) is 10.7. The van der Waals surface area contributed by atoms with Gasteiger partial charge in [0.15, 0.2) is 0 Å².